The zero-order valence-corrected chi connectivity index (χ0v) is 49.4. The van der Waals surface area contributed by atoms with Crippen molar-refractivity contribution in [1.29, 1.82) is 0 Å². The normalized spacial score (nSPS) is 12.4. The van der Waals surface area contributed by atoms with Gasteiger partial charge >= 0.3 is 17.9 Å². The predicted molar refractivity (Wildman–Crippen MR) is 321 cm³/mol. The number of rotatable bonds is 59. The number of unbranched alkanes of at least 4 members (excludes halogenated alkanes) is 38. The Balaban J connectivity index is 4.33. The number of esters is 3. The third-order valence-electron chi connectivity index (χ3n) is 14.2. The van der Waals surface area contributed by atoms with E-state index in [9.17, 15) is 14.4 Å². The second-order valence-electron chi connectivity index (χ2n) is 21.6. The number of carbonyl (C=O) groups is 3. The van der Waals surface area contributed by atoms with Gasteiger partial charge in [0.1, 0.15) is 13.2 Å². The van der Waals surface area contributed by atoms with E-state index in [1.54, 1.807) is 0 Å². The summed E-state index contributed by atoms with van der Waals surface area (Å²) in [5.41, 5.74) is 0. The maximum Gasteiger partial charge on any atom is 0.306 e. The summed E-state index contributed by atoms with van der Waals surface area (Å²) in [4.78, 5) is 38.3. The van der Waals surface area contributed by atoms with Crippen LogP contribution in [0.5, 0.6) is 0 Å². The highest BCUT2D eigenvalue weighted by molar-refractivity contribution is 5.71. The standard InChI is InChI=1S/C68H122O6/c1-4-7-10-13-16-19-22-25-28-30-32-33-34-35-36-38-40-43-46-49-52-55-58-61-67(70)73-64-65(63-72-66(69)60-57-54-51-48-45-42-39-27-24-21-18-15-12-9-6-3)74-68(71)62-59-56-53-50-47-44-41-37-31-29-26-23-20-17-14-11-8-5-2/h9,12,18,21,27,29-32,39,65H,4-8,10-11,13-17,19-20,22-26,28,33-38,40-64H2,1-3H3/b12-9-,21-18-,31-29-,32-30-,39-27-. The minimum Gasteiger partial charge on any atom is -0.462 e. The van der Waals surface area contributed by atoms with Crippen molar-refractivity contribution in [2.45, 2.75) is 341 Å². The van der Waals surface area contributed by atoms with Crippen LogP contribution in [0.15, 0.2) is 60.8 Å². The van der Waals surface area contributed by atoms with Gasteiger partial charge in [-0.15, -0.1) is 0 Å². The summed E-state index contributed by atoms with van der Waals surface area (Å²) in [6.45, 7) is 6.55. The van der Waals surface area contributed by atoms with Crippen molar-refractivity contribution in [3.8, 4) is 0 Å². The number of carbonyl (C=O) groups excluding carboxylic acids is 3. The lowest BCUT2D eigenvalue weighted by atomic mass is 10.0. The molecule has 0 N–H and O–H groups in total. The number of hydrogen-bond acceptors (Lipinski definition) is 6. The lowest BCUT2D eigenvalue weighted by Crippen LogP contribution is -2.30. The summed E-state index contributed by atoms with van der Waals surface area (Å²) in [5, 5.41) is 0. The lowest BCUT2D eigenvalue weighted by molar-refractivity contribution is -0.167. The van der Waals surface area contributed by atoms with Crippen LogP contribution in [0.3, 0.4) is 0 Å². The molecule has 0 radical (unpaired) electrons. The molecule has 0 fully saturated rings. The van der Waals surface area contributed by atoms with Gasteiger partial charge in [-0.2, -0.15) is 0 Å². The van der Waals surface area contributed by atoms with Gasteiger partial charge in [-0.05, 0) is 103 Å². The average molecular weight is 1040 g/mol. The van der Waals surface area contributed by atoms with Crippen LogP contribution < -0.4 is 0 Å². The van der Waals surface area contributed by atoms with Gasteiger partial charge in [0.05, 0.1) is 0 Å². The molecule has 0 aliphatic carbocycles. The molecule has 0 spiro atoms. The molecule has 430 valence electrons. The van der Waals surface area contributed by atoms with Crippen LogP contribution in [-0.2, 0) is 28.6 Å². The van der Waals surface area contributed by atoms with E-state index in [1.165, 1.54) is 199 Å². The SMILES string of the molecule is CC/C=C\C/C=C\C/C=C\CCCCCCCC(=O)OCC(COC(=O)CCCCCCCCCCCCC/C=C\CCCCCCCCCC)OC(=O)CCCCCCCCC/C=C\CCCCCCCCC. The first-order valence-corrected chi connectivity index (χ1v) is 32.3. The van der Waals surface area contributed by atoms with Crippen LogP contribution >= 0.6 is 0 Å². The smallest absolute Gasteiger partial charge is 0.306 e. The van der Waals surface area contributed by atoms with Gasteiger partial charge in [-0.3, -0.25) is 14.4 Å². The van der Waals surface area contributed by atoms with Crippen molar-refractivity contribution in [1.82, 2.24) is 0 Å². The first-order chi connectivity index (χ1) is 36.5. The summed E-state index contributed by atoms with van der Waals surface area (Å²) < 4.78 is 16.9. The largest absolute Gasteiger partial charge is 0.462 e. The highest BCUT2D eigenvalue weighted by Gasteiger charge is 2.19. The Hall–Kier alpha value is -2.89. The molecule has 1 atom stereocenters. The lowest BCUT2D eigenvalue weighted by Gasteiger charge is -2.18. The molecule has 0 rings (SSSR count). The Bertz CT molecular complexity index is 1330. The Labute approximate surface area is 460 Å². The Morgan fingerprint density at radius 3 is 0.838 bits per heavy atom. The van der Waals surface area contributed by atoms with Gasteiger partial charge in [0.25, 0.3) is 0 Å². The maximum absolute atomic E-state index is 12.9. The van der Waals surface area contributed by atoms with Gasteiger partial charge in [-0.25, -0.2) is 0 Å². The molecule has 0 aliphatic heterocycles. The van der Waals surface area contributed by atoms with Crippen molar-refractivity contribution in [2.75, 3.05) is 13.2 Å². The molecule has 0 bridgehead atoms. The highest BCUT2D eigenvalue weighted by Crippen LogP contribution is 2.17. The van der Waals surface area contributed by atoms with Crippen LogP contribution in [0.2, 0.25) is 0 Å². The molecular formula is C68H122O6. The fourth-order valence-corrected chi connectivity index (χ4v) is 9.39. The minimum atomic E-state index is -0.785. The Morgan fingerprint density at radius 1 is 0.284 bits per heavy atom. The average Bonchev–Trinajstić information content (AvgIpc) is 3.40. The molecule has 1 unspecified atom stereocenters. The monoisotopic (exact) mass is 1030 g/mol. The van der Waals surface area contributed by atoms with Gasteiger partial charge in [0, 0.05) is 19.3 Å². The molecule has 0 saturated heterocycles. The molecule has 0 aromatic rings. The molecule has 74 heavy (non-hydrogen) atoms. The third kappa shape index (κ3) is 60.0. The second kappa shape index (κ2) is 62.6. The van der Waals surface area contributed by atoms with Gasteiger partial charge in [0.15, 0.2) is 6.10 Å². The van der Waals surface area contributed by atoms with E-state index in [4.69, 9.17) is 14.2 Å². The zero-order valence-electron chi connectivity index (χ0n) is 49.4. The van der Waals surface area contributed by atoms with Crippen LogP contribution in [-0.4, -0.2) is 37.2 Å². The summed E-state index contributed by atoms with van der Waals surface area (Å²) in [7, 11) is 0. The summed E-state index contributed by atoms with van der Waals surface area (Å²) in [6.07, 6.45) is 79.4. The van der Waals surface area contributed by atoms with E-state index in [0.29, 0.717) is 19.3 Å². The molecular weight excluding hydrogens is 913 g/mol. The van der Waals surface area contributed by atoms with Gasteiger partial charge < -0.3 is 14.2 Å². The van der Waals surface area contributed by atoms with Crippen LogP contribution in [0.1, 0.15) is 335 Å². The highest BCUT2D eigenvalue weighted by atomic mass is 16.6. The summed E-state index contributed by atoms with van der Waals surface area (Å²) in [5.74, 6) is -0.886. The van der Waals surface area contributed by atoms with E-state index in [1.807, 2.05) is 0 Å². The Morgan fingerprint density at radius 2 is 0.527 bits per heavy atom. The van der Waals surface area contributed by atoms with E-state index < -0.39 is 6.10 Å². The summed E-state index contributed by atoms with van der Waals surface area (Å²) >= 11 is 0. The Kier molecular flexibility index (Phi) is 60.2. The molecule has 0 saturated carbocycles. The second-order valence-corrected chi connectivity index (χ2v) is 21.6. The quantitative estimate of drug-likeness (QED) is 0.0261. The molecule has 6 heteroatoms. The predicted octanol–water partition coefficient (Wildman–Crippen LogP) is 21.9. The number of hydrogen-bond donors (Lipinski definition) is 0. The van der Waals surface area contributed by atoms with E-state index >= 15 is 0 Å². The molecule has 0 aliphatic rings. The number of ether oxygens (including phenoxy) is 3. The van der Waals surface area contributed by atoms with Gasteiger partial charge in [-0.1, -0.05) is 274 Å². The molecule has 0 aromatic carbocycles. The van der Waals surface area contributed by atoms with Crippen LogP contribution in [0.4, 0.5) is 0 Å². The first-order valence-electron chi connectivity index (χ1n) is 32.3. The van der Waals surface area contributed by atoms with Crippen molar-refractivity contribution in [2.24, 2.45) is 0 Å². The molecule has 0 heterocycles. The van der Waals surface area contributed by atoms with Crippen molar-refractivity contribution < 1.29 is 28.6 Å². The molecule has 6 nitrogen and oxygen atoms in total. The van der Waals surface area contributed by atoms with Crippen molar-refractivity contribution in [3.63, 3.8) is 0 Å². The maximum atomic E-state index is 12.9. The van der Waals surface area contributed by atoms with E-state index in [-0.39, 0.29) is 31.1 Å². The first kappa shape index (κ1) is 71.1. The van der Waals surface area contributed by atoms with E-state index in [0.717, 1.165) is 96.3 Å². The van der Waals surface area contributed by atoms with Crippen molar-refractivity contribution in [3.05, 3.63) is 60.8 Å². The zero-order chi connectivity index (χ0) is 53.6. The van der Waals surface area contributed by atoms with Crippen LogP contribution in [0, 0.1) is 0 Å². The number of allylic oxidation sites excluding steroid dienone is 10. The third-order valence-corrected chi connectivity index (χ3v) is 14.2. The minimum absolute atomic E-state index is 0.0801. The molecule has 0 amide bonds. The van der Waals surface area contributed by atoms with Gasteiger partial charge in [0.2, 0.25) is 0 Å². The van der Waals surface area contributed by atoms with Crippen LogP contribution in [0.25, 0.3) is 0 Å². The summed E-state index contributed by atoms with van der Waals surface area (Å²) in [6, 6.07) is 0. The fourth-order valence-electron chi connectivity index (χ4n) is 9.39. The fraction of sp³-hybridized carbons (Fsp3) is 0.809. The molecule has 0 aromatic heterocycles. The van der Waals surface area contributed by atoms with E-state index in [2.05, 4.69) is 81.5 Å². The van der Waals surface area contributed by atoms with Crippen molar-refractivity contribution >= 4 is 17.9 Å². The topological polar surface area (TPSA) is 78.9 Å².